The van der Waals surface area contributed by atoms with Crippen LogP contribution in [0.3, 0.4) is 0 Å². The van der Waals surface area contributed by atoms with Crippen molar-refractivity contribution in [3.8, 4) is 12.3 Å². The largest absolute Gasteiger partial charge is 0.465 e. The molecule has 2 heterocycles. The monoisotopic (exact) mass is 459 g/mol. The van der Waals surface area contributed by atoms with Crippen LogP contribution < -0.4 is 9.80 Å². The van der Waals surface area contributed by atoms with Gasteiger partial charge in [0.1, 0.15) is 0 Å². The van der Waals surface area contributed by atoms with E-state index < -0.39 is 11.5 Å². The Kier molecular flexibility index (Phi) is 6.55. The van der Waals surface area contributed by atoms with Gasteiger partial charge in [-0.05, 0) is 63.1 Å². The first-order chi connectivity index (χ1) is 15.3. The first-order valence-corrected chi connectivity index (χ1v) is 11.7. The number of aliphatic hydroxyl groups excluding tert-OH is 1. The van der Waals surface area contributed by atoms with E-state index in [4.69, 9.17) is 18.0 Å². The van der Waals surface area contributed by atoms with Gasteiger partial charge in [0.15, 0.2) is 0 Å². The molecule has 2 aliphatic heterocycles. The molecule has 1 aromatic carbocycles. The van der Waals surface area contributed by atoms with Crippen LogP contribution in [0.25, 0.3) is 0 Å². The highest BCUT2D eigenvalue weighted by atomic mass is 35.5. The Bertz CT molecular complexity index is 924. The zero-order valence-electron chi connectivity index (χ0n) is 18.2. The summed E-state index contributed by atoms with van der Waals surface area (Å²) in [6, 6.07) is 5.40. The van der Waals surface area contributed by atoms with E-state index in [1.807, 2.05) is 6.07 Å². The van der Waals surface area contributed by atoms with Gasteiger partial charge in [-0.25, -0.2) is 4.79 Å². The van der Waals surface area contributed by atoms with E-state index in [2.05, 4.69) is 15.7 Å². The van der Waals surface area contributed by atoms with Crippen LogP contribution >= 0.6 is 11.6 Å². The molecular weight excluding hydrogens is 430 g/mol. The lowest BCUT2D eigenvalue weighted by atomic mass is 9.78. The van der Waals surface area contributed by atoms with Crippen molar-refractivity contribution in [2.24, 2.45) is 5.41 Å². The first-order valence-electron chi connectivity index (χ1n) is 11.3. The highest BCUT2D eigenvalue weighted by Gasteiger charge is 2.50. The average molecular weight is 460 g/mol. The Hall–Kier alpha value is -2.43. The van der Waals surface area contributed by atoms with Crippen molar-refractivity contribution in [1.82, 2.24) is 4.90 Å². The van der Waals surface area contributed by atoms with Crippen LogP contribution in [0, 0.1) is 17.8 Å². The van der Waals surface area contributed by atoms with Gasteiger partial charge in [0.2, 0.25) is 5.91 Å². The standard InChI is InChI=1S/C24H30ClN3O4/c1-2-12-28(23(31)32)18-6-9-21(20(25)15-18)26-13-3-10-24(16-26)11-14-27(22(24)30)17-4-7-19(29)8-5-17/h1,6,9,15,17,19,29H,3-5,7-8,10-14,16H2,(H,31,32)/t17-,19-,24-/m0/s1. The number of hydrogen-bond acceptors (Lipinski definition) is 4. The molecule has 3 aliphatic rings. The molecule has 2 amide bonds. The van der Waals surface area contributed by atoms with E-state index in [1.165, 1.54) is 0 Å². The molecule has 2 saturated heterocycles. The van der Waals surface area contributed by atoms with E-state index in [0.717, 1.165) is 68.6 Å². The van der Waals surface area contributed by atoms with Gasteiger partial charge in [0, 0.05) is 31.4 Å². The minimum absolute atomic E-state index is 0.0552. The lowest BCUT2D eigenvalue weighted by Crippen LogP contribution is -2.50. The maximum Gasteiger partial charge on any atom is 0.412 e. The fourth-order valence-corrected chi connectivity index (χ4v) is 5.86. The zero-order chi connectivity index (χ0) is 22.9. The molecule has 32 heavy (non-hydrogen) atoms. The number of anilines is 2. The number of halogens is 1. The van der Waals surface area contributed by atoms with Crippen molar-refractivity contribution >= 4 is 35.0 Å². The SMILES string of the molecule is C#CCN(C(=O)O)c1ccc(N2CCC[C@]3(CCN([C@H]4CC[C@H](O)CC4)C3=O)C2)c(Cl)c1. The predicted molar refractivity (Wildman–Crippen MR) is 124 cm³/mol. The third-order valence-electron chi connectivity index (χ3n) is 7.29. The Morgan fingerprint density at radius 2 is 2.00 bits per heavy atom. The summed E-state index contributed by atoms with van der Waals surface area (Å²) in [5.41, 5.74) is 0.846. The predicted octanol–water partition coefficient (Wildman–Crippen LogP) is 3.58. The minimum Gasteiger partial charge on any atom is -0.465 e. The molecule has 1 aromatic rings. The van der Waals surface area contributed by atoms with Gasteiger partial charge in [-0.1, -0.05) is 17.5 Å². The molecule has 0 unspecified atom stereocenters. The molecule has 4 rings (SSSR count). The van der Waals surface area contributed by atoms with Gasteiger partial charge in [-0.2, -0.15) is 0 Å². The van der Waals surface area contributed by atoms with Crippen molar-refractivity contribution < 1.29 is 19.8 Å². The number of carbonyl (C=O) groups excluding carboxylic acids is 1. The van der Waals surface area contributed by atoms with Gasteiger partial charge in [-0.3, -0.25) is 9.69 Å². The van der Waals surface area contributed by atoms with Crippen LogP contribution in [-0.4, -0.2) is 65.4 Å². The molecule has 1 spiro atoms. The number of piperidine rings is 1. The molecular formula is C24H30ClN3O4. The molecule has 8 heteroatoms. The second kappa shape index (κ2) is 9.21. The molecule has 3 fully saturated rings. The molecule has 1 saturated carbocycles. The lowest BCUT2D eigenvalue weighted by Gasteiger charge is -2.41. The van der Waals surface area contributed by atoms with Crippen LogP contribution in [0.1, 0.15) is 44.9 Å². The van der Waals surface area contributed by atoms with Gasteiger partial charge in [0.05, 0.1) is 28.8 Å². The van der Waals surface area contributed by atoms with Gasteiger partial charge in [0.25, 0.3) is 0 Å². The molecule has 0 radical (unpaired) electrons. The lowest BCUT2D eigenvalue weighted by molar-refractivity contribution is -0.139. The topological polar surface area (TPSA) is 84.3 Å². The number of carbonyl (C=O) groups is 2. The summed E-state index contributed by atoms with van der Waals surface area (Å²) < 4.78 is 0. The van der Waals surface area contributed by atoms with Crippen molar-refractivity contribution in [3.05, 3.63) is 23.2 Å². The molecule has 0 aromatic heterocycles. The Balaban J connectivity index is 1.50. The van der Waals surface area contributed by atoms with E-state index in [1.54, 1.807) is 12.1 Å². The first kappa shape index (κ1) is 22.8. The van der Waals surface area contributed by atoms with E-state index >= 15 is 0 Å². The van der Waals surface area contributed by atoms with Crippen molar-refractivity contribution in [2.75, 3.05) is 36.0 Å². The molecule has 172 valence electrons. The number of likely N-dealkylation sites (tertiary alicyclic amines) is 1. The zero-order valence-corrected chi connectivity index (χ0v) is 18.9. The normalized spacial score (nSPS) is 28.1. The third-order valence-corrected chi connectivity index (χ3v) is 7.60. The fourth-order valence-electron chi connectivity index (χ4n) is 5.56. The van der Waals surface area contributed by atoms with Crippen molar-refractivity contribution in [3.63, 3.8) is 0 Å². The van der Waals surface area contributed by atoms with E-state index in [9.17, 15) is 19.8 Å². The maximum absolute atomic E-state index is 13.5. The summed E-state index contributed by atoms with van der Waals surface area (Å²) >= 11 is 6.58. The number of carboxylic acid groups (broad SMARTS) is 1. The number of terminal acetylenes is 1. The van der Waals surface area contributed by atoms with Crippen LogP contribution in [-0.2, 0) is 4.79 Å². The molecule has 0 bridgehead atoms. The summed E-state index contributed by atoms with van der Waals surface area (Å²) in [4.78, 5) is 30.3. The van der Waals surface area contributed by atoms with Crippen molar-refractivity contribution in [2.45, 2.75) is 57.1 Å². The molecule has 7 nitrogen and oxygen atoms in total. The highest BCUT2D eigenvalue weighted by Crippen LogP contribution is 2.44. The van der Waals surface area contributed by atoms with Crippen LogP contribution in [0.5, 0.6) is 0 Å². The van der Waals surface area contributed by atoms with Crippen LogP contribution in [0.4, 0.5) is 16.2 Å². The summed E-state index contributed by atoms with van der Waals surface area (Å²) in [7, 11) is 0. The maximum atomic E-state index is 13.5. The molecule has 1 aliphatic carbocycles. The Morgan fingerprint density at radius 1 is 1.25 bits per heavy atom. The van der Waals surface area contributed by atoms with Crippen molar-refractivity contribution in [1.29, 1.82) is 0 Å². The molecule has 2 N–H and O–H groups in total. The number of benzene rings is 1. The van der Waals surface area contributed by atoms with Crippen LogP contribution in [0.2, 0.25) is 5.02 Å². The van der Waals surface area contributed by atoms with E-state index in [0.29, 0.717) is 17.3 Å². The molecule has 1 atom stereocenters. The van der Waals surface area contributed by atoms with Gasteiger partial charge < -0.3 is 20.0 Å². The number of rotatable bonds is 4. The number of nitrogens with zero attached hydrogens (tertiary/aromatic N) is 3. The number of aliphatic hydroxyl groups is 1. The number of hydrogen-bond donors (Lipinski definition) is 2. The second-order valence-corrected chi connectivity index (χ2v) is 9.63. The summed E-state index contributed by atoms with van der Waals surface area (Å²) in [6.07, 6.45) is 9.83. The fraction of sp³-hybridized carbons (Fsp3) is 0.583. The van der Waals surface area contributed by atoms with E-state index in [-0.39, 0.29) is 24.6 Å². The summed E-state index contributed by atoms with van der Waals surface area (Å²) in [5, 5.41) is 19.7. The third kappa shape index (κ3) is 4.26. The summed E-state index contributed by atoms with van der Waals surface area (Å²) in [5.74, 6) is 2.59. The minimum atomic E-state index is -1.13. The van der Waals surface area contributed by atoms with Gasteiger partial charge >= 0.3 is 6.09 Å². The number of amides is 2. The Morgan fingerprint density at radius 3 is 2.66 bits per heavy atom. The smallest absolute Gasteiger partial charge is 0.412 e. The highest BCUT2D eigenvalue weighted by molar-refractivity contribution is 6.33. The van der Waals surface area contributed by atoms with Gasteiger partial charge in [-0.15, -0.1) is 6.42 Å². The second-order valence-electron chi connectivity index (χ2n) is 9.22. The quantitative estimate of drug-likeness (QED) is 0.672. The van der Waals surface area contributed by atoms with Crippen LogP contribution in [0.15, 0.2) is 18.2 Å². The average Bonchev–Trinajstić information content (AvgIpc) is 3.07. The summed E-state index contributed by atoms with van der Waals surface area (Å²) in [6.45, 7) is 2.14. The Labute approximate surface area is 193 Å².